The largest absolute Gasteiger partial charge is 0.490 e. The number of methoxy groups -OCH3 is 1. The van der Waals surface area contributed by atoms with Crippen LogP contribution >= 0.6 is 23.2 Å². The third-order valence-corrected chi connectivity index (χ3v) is 9.65. The summed E-state index contributed by atoms with van der Waals surface area (Å²) in [6.07, 6.45) is 4.31. The molecule has 6 rings (SSSR count). The van der Waals surface area contributed by atoms with Crippen molar-refractivity contribution in [2.45, 2.75) is 31.8 Å². The van der Waals surface area contributed by atoms with Gasteiger partial charge in [-0.05, 0) is 85.3 Å². The molecule has 1 aromatic heterocycles. The van der Waals surface area contributed by atoms with E-state index in [2.05, 4.69) is 15.7 Å². The Morgan fingerprint density at radius 3 is 2.67 bits per heavy atom. The maximum absolute atomic E-state index is 13.3. The second-order valence-corrected chi connectivity index (χ2v) is 12.9. The van der Waals surface area contributed by atoms with E-state index in [0.29, 0.717) is 51.8 Å². The fourth-order valence-corrected chi connectivity index (χ4v) is 6.57. The van der Waals surface area contributed by atoms with Gasteiger partial charge in [0.15, 0.2) is 0 Å². The Bertz CT molecular complexity index is 1880. The van der Waals surface area contributed by atoms with Crippen LogP contribution in [0.3, 0.4) is 0 Å². The van der Waals surface area contributed by atoms with E-state index in [0.717, 1.165) is 34.4 Å². The summed E-state index contributed by atoms with van der Waals surface area (Å²) in [6.45, 7) is 3.33. The van der Waals surface area contributed by atoms with E-state index in [1.165, 1.54) is 7.11 Å². The zero-order chi connectivity index (χ0) is 34.7. The average Bonchev–Trinajstić information content (AvgIpc) is 3.75. The van der Waals surface area contributed by atoms with Crippen molar-refractivity contribution in [3.05, 3.63) is 99.3 Å². The summed E-state index contributed by atoms with van der Waals surface area (Å²) in [5.74, 6) is 0.408. The minimum atomic E-state index is -0.839. The number of hydrogen-bond acceptors (Lipinski definition) is 8. The summed E-state index contributed by atoms with van der Waals surface area (Å²) < 4.78 is 18.0. The van der Waals surface area contributed by atoms with Crippen molar-refractivity contribution in [3.8, 4) is 16.9 Å². The van der Waals surface area contributed by atoms with Gasteiger partial charge in [0.05, 0.1) is 25.5 Å². The molecule has 0 spiro atoms. The van der Waals surface area contributed by atoms with Gasteiger partial charge in [-0.3, -0.25) is 14.4 Å². The topological polar surface area (TPSA) is 124 Å². The predicted octanol–water partition coefficient (Wildman–Crippen LogP) is 5.84. The number of benzene rings is 3. The smallest absolute Gasteiger partial charge is 0.414 e. The average molecular weight is 707 g/mol. The Balaban J connectivity index is 1.14. The van der Waals surface area contributed by atoms with Gasteiger partial charge in [0.25, 0.3) is 5.91 Å². The van der Waals surface area contributed by atoms with E-state index in [9.17, 15) is 14.4 Å². The van der Waals surface area contributed by atoms with Gasteiger partial charge < -0.3 is 24.8 Å². The number of aromatic nitrogens is 2. The van der Waals surface area contributed by atoms with Gasteiger partial charge >= 0.3 is 12.1 Å². The molecule has 2 heterocycles. The van der Waals surface area contributed by atoms with Crippen molar-refractivity contribution < 1.29 is 28.6 Å². The number of nitrogens with one attached hydrogen (secondary N) is 2. The molecule has 2 aliphatic rings. The van der Waals surface area contributed by atoms with Gasteiger partial charge in [0.1, 0.15) is 25.0 Å². The van der Waals surface area contributed by atoms with Crippen molar-refractivity contribution in [3.63, 3.8) is 0 Å². The highest BCUT2D eigenvalue weighted by molar-refractivity contribution is 6.31. The number of carbonyl (C=O) groups excluding carboxylic acids is 3. The van der Waals surface area contributed by atoms with Crippen LogP contribution in [0.2, 0.25) is 10.0 Å². The van der Waals surface area contributed by atoms with E-state index < -0.39 is 24.0 Å². The SMILES string of the molecule is CNCC(NC(=O)c1ccc(Cl)c(Cn2cc(-c3cccc4c3[C@H]3C[C@H]3CN4C(=O)OCCOc3cccc(Cl)c3C)cn2)c1)C(=O)OC. The maximum Gasteiger partial charge on any atom is 0.414 e. The molecule has 2 N–H and O–H groups in total. The van der Waals surface area contributed by atoms with E-state index in [1.807, 2.05) is 43.5 Å². The second kappa shape index (κ2) is 14.9. The van der Waals surface area contributed by atoms with Gasteiger partial charge in [0.2, 0.25) is 0 Å². The Labute approximate surface area is 294 Å². The number of anilines is 1. The molecular weight excluding hydrogens is 669 g/mol. The number of ether oxygens (including phenoxy) is 3. The van der Waals surface area contributed by atoms with E-state index in [1.54, 1.807) is 47.1 Å². The van der Waals surface area contributed by atoms with Crippen molar-refractivity contribution in [1.29, 1.82) is 0 Å². The maximum atomic E-state index is 13.3. The van der Waals surface area contributed by atoms with Gasteiger partial charge in [-0.25, -0.2) is 9.59 Å². The molecule has 1 unspecified atom stereocenters. The predicted molar refractivity (Wildman–Crippen MR) is 187 cm³/mol. The third-order valence-electron chi connectivity index (χ3n) is 8.87. The summed E-state index contributed by atoms with van der Waals surface area (Å²) in [6, 6.07) is 15.5. The zero-order valence-corrected chi connectivity index (χ0v) is 28.9. The first kappa shape index (κ1) is 34.3. The minimum absolute atomic E-state index is 0.102. The van der Waals surface area contributed by atoms with E-state index in [4.69, 9.17) is 37.4 Å². The summed E-state index contributed by atoms with van der Waals surface area (Å²) >= 11 is 12.7. The van der Waals surface area contributed by atoms with E-state index in [-0.39, 0.29) is 19.8 Å². The van der Waals surface area contributed by atoms with E-state index >= 15 is 0 Å². The monoisotopic (exact) mass is 705 g/mol. The molecule has 256 valence electrons. The lowest BCUT2D eigenvalue weighted by atomic mass is 9.93. The first-order chi connectivity index (χ1) is 23.7. The third kappa shape index (κ3) is 7.54. The van der Waals surface area contributed by atoms with Crippen LogP contribution in [0.15, 0.2) is 67.0 Å². The molecule has 1 fully saturated rings. The molecule has 0 bridgehead atoms. The molecule has 1 aliphatic heterocycles. The van der Waals surface area contributed by atoms with Gasteiger partial charge in [0, 0.05) is 46.0 Å². The van der Waals surface area contributed by atoms with Crippen LogP contribution in [0.5, 0.6) is 5.75 Å². The Hall–Kier alpha value is -4.58. The molecule has 3 aromatic carbocycles. The summed E-state index contributed by atoms with van der Waals surface area (Å²) in [4.78, 5) is 40.1. The van der Waals surface area contributed by atoms with Gasteiger partial charge in [-0.2, -0.15) is 5.10 Å². The first-order valence-corrected chi connectivity index (χ1v) is 16.7. The number of likely N-dealkylation sites (N-methyl/N-ethyl adjacent to an activating group) is 1. The number of rotatable bonds is 12. The van der Waals surface area contributed by atoms with Crippen LogP contribution in [0.4, 0.5) is 10.5 Å². The summed E-state index contributed by atoms with van der Waals surface area (Å²) in [7, 11) is 2.96. The Morgan fingerprint density at radius 2 is 1.88 bits per heavy atom. The fraction of sp³-hybridized carbons (Fsp3) is 0.333. The lowest BCUT2D eigenvalue weighted by Crippen LogP contribution is -2.47. The Morgan fingerprint density at radius 1 is 1.06 bits per heavy atom. The van der Waals surface area contributed by atoms with Crippen LogP contribution in [-0.4, -0.2) is 74.3 Å². The van der Waals surface area contributed by atoms with Crippen LogP contribution in [-0.2, 0) is 20.8 Å². The minimum Gasteiger partial charge on any atom is -0.490 e. The highest BCUT2D eigenvalue weighted by Gasteiger charge is 2.48. The molecule has 4 aromatic rings. The zero-order valence-electron chi connectivity index (χ0n) is 27.4. The van der Waals surface area contributed by atoms with Crippen molar-refractivity contribution >= 4 is 46.9 Å². The molecular formula is C36H37Cl2N5O6. The van der Waals surface area contributed by atoms with Crippen molar-refractivity contribution in [2.24, 2.45) is 5.92 Å². The lowest BCUT2D eigenvalue weighted by Gasteiger charge is -2.29. The standard InChI is InChI=1S/C36H37Cl2N5O6/c1-21-28(37)7-5-9-32(21)48-12-13-49-36(46)43-20-23-15-27(23)33-26(6-4-8-31(33)43)25-16-40-42(19-25)18-24-14-22(10-11-29(24)38)34(44)41-30(17-39-2)35(45)47-3/h4-11,14,16,19,23,27,30,39H,12-13,15,17-18,20H2,1-3H3,(H,41,44)/t23-,27-,30?/m0/s1. The van der Waals surface area contributed by atoms with Crippen LogP contribution < -0.4 is 20.3 Å². The molecule has 2 amide bonds. The van der Waals surface area contributed by atoms with Crippen LogP contribution in [0.1, 0.15) is 39.4 Å². The molecule has 3 atom stereocenters. The second-order valence-electron chi connectivity index (χ2n) is 12.1. The lowest BCUT2D eigenvalue weighted by molar-refractivity contribution is -0.142. The summed E-state index contributed by atoms with van der Waals surface area (Å²) in [5.41, 5.74) is 5.74. The van der Waals surface area contributed by atoms with Crippen molar-refractivity contribution in [1.82, 2.24) is 20.4 Å². The number of halogens is 2. The Kier molecular flexibility index (Phi) is 10.4. The molecule has 49 heavy (non-hydrogen) atoms. The van der Waals surface area contributed by atoms with Crippen molar-refractivity contribution in [2.75, 3.05) is 45.4 Å². The normalized spacial score (nSPS) is 16.6. The van der Waals surface area contributed by atoms with Gasteiger partial charge in [-0.15, -0.1) is 0 Å². The quantitative estimate of drug-likeness (QED) is 0.139. The highest BCUT2D eigenvalue weighted by atomic mass is 35.5. The van der Waals surface area contributed by atoms with Crippen LogP contribution in [0, 0.1) is 12.8 Å². The number of carbonyl (C=O) groups is 3. The highest BCUT2D eigenvalue weighted by Crippen LogP contribution is 2.57. The molecule has 11 nitrogen and oxygen atoms in total. The first-order valence-electron chi connectivity index (χ1n) is 16.0. The van der Waals surface area contributed by atoms with Gasteiger partial charge in [-0.1, -0.05) is 41.4 Å². The fourth-order valence-electron chi connectivity index (χ4n) is 6.22. The molecule has 1 saturated carbocycles. The summed E-state index contributed by atoms with van der Waals surface area (Å²) in [5, 5.41) is 11.3. The molecule has 0 saturated heterocycles. The number of nitrogens with zero attached hydrogens (tertiary/aromatic N) is 3. The number of amides is 2. The molecule has 13 heteroatoms. The molecule has 0 radical (unpaired) electrons. The number of esters is 1. The number of hydrogen-bond donors (Lipinski definition) is 2. The molecule has 1 aliphatic carbocycles. The van der Waals surface area contributed by atoms with Crippen LogP contribution in [0.25, 0.3) is 11.1 Å². The number of fused-ring (bicyclic) bond motifs is 3.